The molecule has 1 aromatic heterocycles. The molecule has 1 aliphatic rings. The molecule has 0 bridgehead atoms. The Balaban J connectivity index is 1.37. The van der Waals surface area contributed by atoms with E-state index in [4.69, 9.17) is 23.6 Å². The molecule has 1 heteroatoms. The first-order valence-corrected chi connectivity index (χ1v) is 15.9. The van der Waals surface area contributed by atoms with Crippen LogP contribution in [0.15, 0.2) is 174 Å². The summed E-state index contributed by atoms with van der Waals surface area (Å²) in [5.41, 5.74) is -7.71. The lowest BCUT2D eigenvalue weighted by Crippen LogP contribution is -2.14. The standard InChI is InChI=1S/C51H34O/c1-51(2)43-22-10-9-19-40(43)49-41(21-11-23-44(49)51)48-38-17-7-5-15-36(38)47(37-16-6-8-18-39(37)48)32-27-25-31(26-28-32)35-20-12-24-45-50(35)42-29-33-13-3-4-14-34(33)30-46(42)52-45/h3-30H,1-2H3/i3D,4D,5D,6D,7D,8D,9D,10D,11D,12D,13D,14D,15D,16D,17D,18D,19D,20D,21D,22D,23D,24D,25D,26D,27D,28D,29D,30D. The molecule has 0 fully saturated rings. The Morgan fingerprint density at radius 1 is 0.404 bits per heavy atom. The van der Waals surface area contributed by atoms with E-state index in [0.717, 1.165) is 0 Å². The van der Waals surface area contributed by atoms with Gasteiger partial charge in [0.05, 0.1) is 38.4 Å². The maximum absolute atomic E-state index is 9.80. The number of furan rings is 1. The molecule has 0 aliphatic heterocycles. The van der Waals surface area contributed by atoms with Gasteiger partial charge in [-0.05, 0) is 106 Å². The average Bonchev–Trinajstić information content (AvgIpc) is 3.98. The molecule has 1 heterocycles. The second-order valence-corrected chi connectivity index (χ2v) is 12.6. The zero-order chi connectivity index (χ0) is 58.9. The normalized spacial score (nSPS) is 20.9. The highest BCUT2D eigenvalue weighted by atomic mass is 16.3. The van der Waals surface area contributed by atoms with Crippen LogP contribution in [-0.4, -0.2) is 0 Å². The Labute approximate surface area is 341 Å². The van der Waals surface area contributed by atoms with Gasteiger partial charge in [-0.2, -0.15) is 0 Å². The van der Waals surface area contributed by atoms with Crippen LogP contribution in [0.2, 0.25) is 0 Å². The number of fused-ring (bicyclic) bond motifs is 9. The van der Waals surface area contributed by atoms with Crippen molar-refractivity contribution in [2.45, 2.75) is 19.3 Å². The summed E-state index contributed by atoms with van der Waals surface area (Å²) in [4.78, 5) is 0. The summed E-state index contributed by atoms with van der Waals surface area (Å²) in [6, 6.07) is -24.0. The lowest BCUT2D eigenvalue weighted by molar-refractivity contribution is 0.660. The van der Waals surface area contributed by atoms with Gasteiger partial charge in [-0.3, -0.25) is 0 Å². The molecule has 0 saturated carbocycles. The molecule has 0 unspecified atom stereocenters. The molecular weight excluding hydrogens is 629 g/mol. The summed E-state index contributed by atoms with van der Waals surface area (Å²) in [6.45, 7) is 3.01. The number of rotatable bonds is 3. The minimum atomic E-state index is -1.56. The fourth-order valence-corrected chi connectivity index (χ4v) is 7.20. The van der Waals surface area contributed by atoms with Crippen molar-refractivity contribution in [3.05, 3.63) is 180 Å². The molecule has 1 nitrogen and oxygen atoms in total. The Kier molecular flexibility index (Phi) is 2.69. The fourth-order valence-electron chi connectivity index (χ4n) is 7.20. The second-order valence-electron chi connectivity index (χ2n) is 12.6. The van der Waals surface area contributed by atoms with Gasteiger partial charge in [0.2, 0.25) is 0 Å². The van der Waals surface area contributed by atoms with E-state index in [2.05, 4.69) is 0 Å². The molecule has 0 saturated heterocycles. The molecule has 0 radical (unpaired) electrons. The Morgan fingerprint density at radius 3 is 1.67 bits per heavy atom. The van der Waals surface area contributed by atoms with Crippen LogP contribution >= 0.6 is 0 Å². The van der Waals surface area contributed by atoms with E-state index in [1.165, 1.54) is 13.8 Å². The summed E-state index contributed by atoms with van der Waals surface area (Å²) in [5, 5.41) is -4.67. The van der Waals surface area contributed by atoms with Crippen molar-refractivity contribution in [2.75, 3.05) is 0 Å². The van der Waals surface area contributed by atoms with E-state index in [1.54, 1.807) is 0 Å². The lowest BCUT2D eigenvalue weighted by Gasteiger charge is -2.22. The van der Waals surface area contributed by atoms with Crippen LogP contribution in [0.5, 0.6) is 0 Å². The van der Waals surface area contributed by atoms with Crippen LogP contribution in [0.3, 0.4) is 0 Å². The van der Waals surface area contributed by atoms with Crippen LogP contribution in [0, 0.1) is 0 Å². The highest BCUT2D eigenvalue weighted by molar-refractivity contribution is 6.23. The van der Waals surface area contributed by atoms with Crippen molar-refractivity contribution < 1.29 is 42.8 Å². The van der Waals surface area contributed by atoms with Gasteiger partial charge < -0.3 is 4.42 Å². The number of hydrogen-bond acceptors (Lipinski definition) is 1. The summed E-state index contributed by atoms with van der Waals surface area (Å²) in [5.74, 6) is 0. The fraction of sp³-hybridized carbons (Fsp3) is 0.0588. The summed E-state index contributed by atoms with van der Waals surface area (Å²) >= 11 is 0. The van der Waals surface area contributed by atoms with Crippen molar-refractivity contribution in [1.82, 2.24) is 0 Å². The highest BCUT2D eigenvalue weighted by Crippen LogP contribution is 2.54. The minimum absolute atomic E-state index is 0.0808. The van der Waals surface area contributed by atoms with Crippen LogP contribution in [0.4, 0.5) is 0 Å². The third-order valence-corrected chi connectivity index (χ3v) is 9.51. The van der Waals surface area contributed by atoms with Crippen molar-refractivity contribution >= 4 is 54.3 Å². The first-order valence-electron chi connectivity index (χ1n) is 29.9. The Morgan fingerprint density at radius 2 is 0.942 bits per heavy atom. The van der Waals surface area contributed by atoms with Gasteiger partial charge in [0.1, 0.15) is 11.2 Å². The minimum Gasteiger partial charge on any atom is -0.456 e. The van der Waals surface area contributed by atoms with E-state index in [9.17, 15) is 19.2 Å². The van der Waals surface area contributed by atoms with Gasteiger partial charge in [-0.15, -0.1) is 0 Å². The molecule has 0 atom stereocenters. The van der Waals surface area contributed by atoms with Crippen molar-refractivity contribution in [3.8, 4) is 44.5 Å². The number of benzene rings is 9. The zero-order valence-corrected chi connectivity index (χ0v) is 26.9. The average molecular weight is 691 g/mol. The topological polar surface area (TPSA) is 13.1 Å². The molecular formula is C51H34O. The van der Waals surface area contributed by atoms with E-state index >= 15 is 0 Å². The van der Waals surface area contributed by atoms with Gasteiger partial charge in [-0.1, -0.05) is 165 Å². The molecule has 0 spiro atoms. The summed E-state index contributed by atoms with van der Waals surface area (Å²) in [6.07, 6.45) is 0. The number of hydrogen-bond donors (Lipinski definition) is 0. The molecule has 0 N–H and O–H groups in total. The van der Waals surface area contributed by atoms with Crippen LogP contribution in [0.1, 0.15) is 63.4 Å². The Bertz CT molecular complexity index is 4600. The first-order chi connectivity index (χ1) is 37.2. The van der Waals surface area contributed by atoms with Crippen molar-refractivity contribution in [2.24, 2.45) is 0 Å². The van der Waals surface area contributed by atoms with Gasteiger partial charge in [0, 0.05) is 16.2 Å². The third kappa shape index (κ3) is 4.05. The largest absolute Gasteiger partial charge is 0.456 e. The molecule has 52 heavy (non-hydrogen) atoms. The van der Waals surface area contributed by atoms with E-state index in [0.29, 0.717) is 0 Å². The monoisotopic (exact) mass is 690 g/mol. The van der Waals surface area contributed by atoms with Crippen molar-refractivity contribution in [1.29, 1.82) is 0 Å². The first kappa shape index (κ1) is 13.0. The van der Waals surface area contributed by atoms with Gasteiger partial charge in [0.15, 0.2) is 0 Å². The van der Waals surface area contributed by atoms with Gasteiger partial charge in [-0.25, -0.2) is 0 Å². The molecule has 11 rings (SSSR count). The predicted molar refractivity (Wildman–Crippen MR) is 220 cm³/mol. The smallest absolute Gasteiger partial charge is 0.136 e. The maximum atomic E-state index is 9.80. The molecule has 1 aliphatic carbocycles. The predicted octanol–water partition coefficient (Wildman–Crippen LogP) is 14.4. The summed E-state index contributed by atoms with van der Waals surface area (Å²) in [7, 11) is 0. The Hall–Kier alpha value is -6.44. The molecule has 9 aromatic carbocycles. The van der Waals surface area contributed by atoms with Gasteiger partial charge in [0.25, 0.3) is 0 Å². The van der Waals surface area contributed by atoms with Crippen LogP contribution < -0.4 is 0 Å². The maximum Gasteiger partial charge on any atom is 0.136 e. The van der Waals surface area contributed by atoms with Gasteiger partial charge >= 0.3 is 0 Å². The lowest BCUT2D eigenvalue weighted by atomic mass is 9.80. The van der Waals surface area contributed by atoms with E-state index in [-0.39, 0.29) is 22.3 Å². The zero-order valence-electron chi connectivity index (χ0n) is 54.9. The third-order valence-electron chi connectivity index (χ3n) is 9.51. The SMILES string of the molecule is [2H]c1c([2H])c([2H])c2c(c1[2H])-c1c(-c3c4c([2H])c([2H])c([2H])c([2H])c4c(-c4c([2H])c([2H])c(-c5c([2H])c([2H])c([2H])c6oc7c([2H])c8c([2H])c([2H])c([2H])c([2H])c8c([2H])c7c56)c([2H])c4[2H])c4c([2H])c([2H])c([2H])c([2H])c34)c([2H])c([2H])c([2H])c1C2(C)C. The van der Waals surface area contributed by atoms with Crippen molar-refractivity contribution in [3.63, 3.8) is 0 Å². The van der Waals surface area contributed by atoms with E-state index < -0.39 is 262 Å². The van der Waals surface area contributed by atoms with E-state index in [1.807, 2.05) is 0 Å². The summed E-state index contributed by atoms with van der Waals surface area (Å²) < 4.78 is 262. The highest BCUT2D eigenvalue weighted by Gasteiger charge is 2.37. The molecule has 10 aromatic rings. The van der Waals surface area contributed by atoms with Crippen LogP contribution in [-0.2, 0) is 5.41 Å². The van der Waals surface area contributed by atoms with Crippen LogP contribution in [0.25, 0.3) is 98.8 Å². The molecule has 0 amide bonds. The second kappa shape index (κ2) is 10.8. The quantitative estimate of drug-likeness (QED) is 0.168. The molecule has 244 valence electrons.